The van der Waals surface area contributed by atoms with Crippen LogP contribution in [-0.4, -0.2) is 22.6 Å². The van der Waals surface area contributed by atoms with Gasteiger partial charge in [-0.25, -0.2) is 8.42 Å². The summed E-state index contributed by atoms with van der Waals surface area (Å²) in [5.41, 5.74) is 1.47. The SMILES string of the molecule is CCc1cc(Br)ccc1NS(=O)(=O)c1ccc(OC)c(OC)c1. The van der Waals surface area contributed by atoms with Gasteiger partial charge in [-0.05, 0) is 42.3 Å². The summed E-state index contributed by atoms with van der Waals surface area (Å²) in [7, 11) is -0.754. The third-order valence-electron chi connectivity index (χ3n) is 3.36. The zero-order chi connectivity index (χ0) is 17.0. The van der Waals surface area contributed by atoms with E-state index in [0.29, 0.717) is 23.6 Å². The van der Waals surface area contributed by atoms with Gasteiger partial charge in [-0.15, -0.1) is 0 Å². The molecular formula is C16H18BrNO4S. The second-order valence-electron chi connectivity index (χ2n) is 4.78. The Morgan fingerprint density at radius 3 is 2.35 bits per heavy atom. The summed E-state index contributed by atoms with van der Waals surface area (Å²) in [6.07, 6.45) is 0.712. The van der Waals surface area contributed by atoms with Crippen LogP contribution in [0.1, 0.15) is 12.5 Å². The standard InChI is InChI=1S/C16H18BrNO4S/c1-4-11-9-12(17)5-7-14(11)18-23(19,20)13-6-8-15(21-2)16(10-13)22-3/h5-10,18H,4H2,1-3H3. The van der Waals surface area contributed by atoms with Crippen LogP contribution in [0.3, 0.4) is 0 Å². The summed E-state index contributed by atoms with van der Waals surface area (Å²) >= 11 is 3.39. The Balaban J connectivity index is 2.40. The first-order valence-corrected chi connectivity index (χ1v) is 9.22. The summed E-state index contributed by atoms with van der Waals surface area (Å²) in [6, 6.07) is 9.91. The van der Waals surface area contributed by atoms with E-state index in [4.69, 9.17) is 9.47 Å². The molecule has 0 saturated heterocycles. The molecule has 0 unspecified atom stereocenters. The first-order valence-electron chi connectivity index (χ1n) is 6.94. The Kier molecular flexibility index (Phi) is 5.54. The second-order valence-corrected chi connectivity index (χ2v) is 7.38. The summed E-state index contributed by atoms with van der Waals surface area (Å²) in [6.45, 7) is 1.97. The van der Waals surface area contributed by atoms with E-state index in [1.165, 1.54) is 26.4 Å². The number of hydrogen-bond donors (Lipinski definition) is 1. The fourth-order valence-corrected chi connectivity index (χ4v) is 3.67. The molecule has 2 rings (SSSR count). The summed E-state index contributed by atoms with van der Waals surface area (Å²) in [4.78, 5) is 0.111. The van der Waals surface area contributed by atoms with E-state index in [-0.39, 0.29) is 4.90 Å². The Bertz CT molecular complexity index is 806. The Morgan fingerprint density at radius 1 is 1.04 bits per heavy atom. The van der Waals surface area contributed by atoms with E-state index in [2.05, 4.69) is 20.7 Å². The molecule has 0 radical (unpaired) electrons. The molecule has 23 heavy (non-hydrogen) atoms. The van der Waals surface area contributed by atoms with E-state index >= 15 is 0 Å². The first kappa shape index (κ1) is 17.6. The van der Waals surface area contributed by atoms with Crippen LogP contribution in [0.2, 0.25) is 0 Å². The van der Waals surface area contributed by atoms with Crippen molar-refractivity contribution < 1.29 is 17.9 Å². The Hall–Kier alpha value is -1.73. The van der Waals surface area contributed by atoms with Crippen molar-refractivity contribution in [2.24, 2.45) is 0 Å². The lowest BCUT2D eigenvalue weighted by atomic mass is 10.1. The van der Waals surface area contributed by atoms with Crippen molar-refractivity contribution in [1.29, 1.82) is 0 Å². The molecule has 0 aliphatic rings. The molecule has 124 valence electrons. The molecule has 0 spiro atoms. The zero-order valence-electron chi connectivity index (χ0n) is 13.1. The Morgan fingerprint density at radius 2 is 1.74 bits per heavy atom. The van der Waals surface area contributed by atoms with Gasteiger partial charge in [-0.2, -0.15) is 0 Å². The quantitative estimate of drug-likeness (QED) is 0.801. The fraction of sp³-hybridized carbons (Fsp3) is 0.250. The zero-order valence-corrected chi connectivity index (χ0v) is 15.5. The normalized spacial score (nSPS) is 11.1. The first-order chi connectivity index (χ1) is 10.9. The van der Waals surface area contributed by atoms with Gasteiger partial charge in [0.15, 0.2) is 11.5 Å². The van der Waals surface area contributed by atoms with E-state index in [9.17, 15) is 8.42 Å². The van der Waals surface area contributed by atoms with Crippen LogP contribution < -0.4 is 14.2 Å². The summed E-state index contributed by atoms with van der Waals surface area (Å²) in [5, 5.41) is 0. The molecule has 0 amide bonds. The Labute approximate surface area is 144 Å². The van der Waals surface area contributed by atoms with Crippen LogP contribution in [0.4, 0.5) is 5.69 Å². The predicted octanol–water partition coefficient (Wildman–Crippen LogP) is 3.83. The second kappa shape index (κ2) is 7.23. The lowest BCUT2D eigenvalue weighted by Crippen LogP contribution is -2.14. The third-order valence-corrected chi connectivity index (χ3v) is 5.21. The topological polar surface area (TPSA) is 64.6 Å². The fourth-order valence-electron chi connectivity index (χ4n) is 2.14. The van der Waals surface area contributed by atoms with Gasteiger partial charge in [-0.1, -0.05) is 22.9 Å². The molecule has 0 aromatic heterocycles. The van der Waals surface area contributed by atoms with Gasteiger partial charge < -0.3 is 9.47 Å². The maximum atomic E-state index is 12.6. The summed E-state index contributed by atoms with van der Waals surface area (Å²) in [5.74, 6) is 0.839. The van der Waals surface area contributed by atoms with Crippen molar-refractivity contribution in [3.63, 3.8) is 0 Å². The maximum Gasteiger partial charge on any atom is 0.262 e. The van der Waals surface area contributed by atoms with E-state index in [0.717, 1.165) is 10.0 Å². The average Bonchev–Trinajstić information content (AvgIpc) is 2.55. The number of methoxy groups -OCH3 is 2. The van der Waals surface area contributed by atoms with Gasteiger partial charge in [0.1, 0.15) is 0 Å². The smallest absolute Gasteiger partial charge is 0.262 e. The van der Waals surface area contributed by atoms with Crippen molar-refractivity contribution in [1.82, 2.24) is 0 Å². The van der Waals surface area contributed by atoms with E-state index in [1.807, 2.05) is 13.0 Å². The highest BCUT2D eigenvalue weighted by molar-refractivity contribution is 9.10. The third kappa shape index (κ3) is 3.97. The molecule has 2 aromatic carbocycles. The van der Waals surface area contributed by atoms with Crippen molar-refractivity contribution in [3.8, 4) is 11.5 Å². The molecule has 0 fully saturated rings. The van der Waals surface area contributed by atoms with Gasteiger partial charge >= 0.3 is 0 Å². The highest BCUT2D eigenvalue weighted by Crippen LogP contribution is 2.31. The molecule has 0 aliphatic carbocycles. The molecule has 2 aromatic rings. The lowest BCUT2D eigenvalue weighted by Gasteiger charge is -2.14. The maximum absolute atomic E-state index is 12.6. The number of anilines is 1. The molecule has 0 saturated carbocycles. The van der Waals surface area contributed by atoms with Crippen molar-refractivity contribution in [2.45, 2.75) is 18.2 Å². The van der Waals surface area contributed by atoms with Gasteiger partial charge in [0.05, 0.1) is 24.8 Å². The van der Waals surface area contributed by atoms with E-state index < -0.39 is 10.0 Å². The number of nitrogens with one attached hydrogen (secondary N) is 1. The number of benzene rings is 2. The minimum absolute atomic E-state index is 0.111. The number of hydrogen-bond acceptors (Lipinski definition) is 4. The molecule has 0 atom stereocenters. The monoisotopic (exact) mass is 399 g/mol. The van der Waals surface area contributed by atoms with Crippen molar-refractivity contribution >= 4 is 31.6 Å². The lowest BCUT2D eigenvalue weighted by molar-refractivity contribution is 0.354. The largest absolute Gasteiger partial charge is 0.493 e. The molecular weight excluding hydrogens is 382 g/mol. The minimum Gasteiger partial charge on any atom is -0.493 e. The van der Waals surface area contributed by atoms with Gasteiger partial charge in [0, 0.05) is 10.5 Å². The van der Waals surface area contributed by atoms with Gasteiger partial charge in [0.25, 0.3) is 10.0 Å². The average molecular weight is 400 g/mol. The van der Waals surface area contributed by atoms with Crippen molar-refractivity contribution in [2.75, 3.05) is 18.9 Å². The minimum atomic E-state index is -3.72. The molecule has 5 nitrogen and oxygen atoms in total. The highest BCUT2D eigenvalue weighted by Gasteiger charge is 2.18. The molecule has 0 heterocycles. The van der Waals surface area contributed by atoms with Crippen LogP contribution in [0.15, 0.2) is 45.8 Å². The number of rotatable bonds is 6. The van der Waals surface area contributed by atoms with Crippen LogP contribution in [0, 0.1) is 0 Å². The number of sulfonamides is 1. The van der Waals surface area contributed by atoms with Crippen LogP contribution in [0.5, 0.6) is 11.5 Å². The molecule has 0 bridgehead atoms. The molecule has 1 N–H and O–H groups in total. The van der Waals surface area contributed by atoms with Crippen molar-refractivity contribution in [3.05, 3.63) is 46.4 Å². The number of halogens is 1. The van der Waals surface area contributed by atoms with Crippen LogP contribution >= 0.6 is 15.9 Å². The van der Waals surface area contributed by atoms with Crippen LogP contribution in [0.25, 0.3) is 0 Å². The van der Waals surface area contributed by atoms with Gasteiger partial charge in [-0.3, -0.25) is 4.72 Å². The number of aryl methyl sites for hydroxylation is 1. The summed E-state index contributed by atoms with van der Waals surface area (Å²) < 4.78 is 39.0. The predicted molar refractivity (Wildman–Crippen MR) is 93.9 cm³/mol. The highest BCUT2D eigenvalue weighted by atomic mass is 79.9. The number of ether oxygens (including phenoxy) is 2. The molecule has 7 heteroatoms. The molecule has 0 aliphatic heterocycles. The van der Waals surface area contributed by atoms with E-state index in [1.54, 1.807) is 18.2 Å². The van der Waals surface area contributed by atoms with Gasteiger partial charge in [0.2, 0.25) is 0 Å². The van der Waals surface area contributed by atoms with Crippen LogP contribution in [-0.2, 0) is 16.4 Å².